The van der Waals surface area contributed by atoms with Crippen molar-refractivity contribution in [2.24, 2.45) is 0 Å². The number of aryl methyl sites for hydroxylation is 1. The number of nitrogens with zero attached hydrogens (tertiary/aromatic N) is 5. The van der Waals surface area contributed by atoms with Crippen molar-refractivity contribution in [1.82, 2.24) is 24.2 Å². The third-order valence-corrected chi connectivity index (χ3v) is 7.10. The number of rotatable bonds is 6. The van der Waals surface area contributed by atoms with E-state index in [2.05, 4.69) is 10.3 Å². The van der Waals surface area contributed by atoms with Crippen LogP contribution >= 0.6 is 0 Å². The van der Waals surface area contributed by atoms with Crippen LogP contribution in [0.4, 0.5) is 0 Å². The monoisotopic (exact) mass is 389 g/mol. The molecule has 27 heavy (non-hydrogen) atoms. The molecule has 0 spiro atoms. The van der Waals surface area contributed by atoms with Crippen LogP contribution in [0.2, 0.25) is 0 Å². The number of hydrogen-bond donors (Lipinski definition) is 0. The first-order valence-electron chi connectivity index (χ1n) is 9.25. The first-order chi connectivity index (χ1) is 13.0. The normalized spacial score (nSPS) is 18.9. The Morgan fingerprint density at radius 2 is 1.93 bits per heavy atom. The van der Waals surface area contributed by atoms with E-state index in [4.69, 9.17) is 0 Å². The minimum absolute atomic E-state index is 0.0229. The molecule has 2 saturated heterocycles. The van der Waals surface area contributed by atoms with E-state index in [9.17, 15) is 13.2 Å². The molecule has 1 aromatic heterocycles. The van der Waals surface area contributed by atoms with Crippen LogP contribution in [0.3, 0.4) is 0 Å². The molecule has 0 atom stereocenters. The Bertz CT molecular complexity index is 932. The number of likely N-dealkylation sites (tertiary alicyclic amines) is 1. The Balaban J connectivity index is 1.38. The Labute approximate surface area is 158 Å². The maximum atomic E-state index is 12.7. The molecule has 9 heteroatoms. The van der Waals surface area contributed by atoms with Crippen molar-refractivity contribution in [2.45, 2.75) is 43.7 Å². The number of amides is 1. The molecular formula is C18H23N5O3S. The molecule has 0 radical (unpaired) electrons. The van der Waals surface area contributed by atoms with E-state index in [1.54, 1.807) is 21.7 Å². The summed E-state index contributed by atoms with van der Waals surface area (Å²) in [5.74, 6) is 0.152. The van der Waals surface area contributed by atoms with Gasteiger partial charge in [0.05, 0.1) is 23.7 Å². The zero-order chi connectivity index (χ0) is 19.0. The molecule has 2 aliphatic heterocycles. The number of aromatic nitrogens is 3. The summed E-state index contributed by atoms with van der Waals surface area (Å²) >= 11 is 0. The van der Waals surface area contributed by atoms with Crippen molar-refractivity contribution in [3.63, 3.8) is 0 Å². The Morgan fingerprint density at radius 3 is 2.56 bits per heavy atom. The van der Waals surface area contributed by atoms with Crippen LogP contribution < -0.4 is 0 Å². The van der Waals surface area contributed by atoms with Gasteiger partial charge in [0.25, 0.3) is 0 Å². The van der Waals surface area contributed by atoms with Crippen molar-refractivity contribution >= 4 is 15.9 Å². The zero-order valence-corrected chi connectivity index (χ0v) is 16.1. The van der Waals surface area contributed by atoms with Gasteiger partial charge in [-0.15, -0.1) is 5.10 Å². The summed E-state index contributed by atoms with van der Waals surface area (Å²) < 4.78 is 28.6. The molecular weight excluding hydrogens is 366 g/mol. The van der Waals surface area contributed by atoms with Gasteiger partial charge in [-0.1, -0.05) is 24.3 Å². The van der Waals surface area contributed by atoms with Crippen LogP contribution in [0.5, 0.6) is 0 Å². The maximum absolute atomic E-state index is 12.7. The maximum Gasteiger partial charge on any atom is 0.243 e. The van der Waals surface area contributed by atoms with Gasteiger partial charge < -0.3 is 4.90 Å². The second-order valence-electron chi connectivity index (χ2n) is 7.08. The fraction of sp³-hybridized carbons (Fsp3) is 0.500. The van der Waals surface area contributed by atoms with E-state index >= 15 is 0 Å². The lowest BCUT2D eigenvalue weighted by Crippen LogP contribution is -2.50. The largest absolute Gasteiger partial charge is 0.337 e. The van der Waals surface area contributed by atoms with Gasteiger partial charge in [-0.3, -0.25) is 4.79 Å². The quantitative estimate of drug-likeness (QED) is 0.741. The van der Waals surface area contributed by atoms with E-state index in [0.29, 0.717) is 31.0 Å². The first kappa shape index (κ1) is 18.1. The second kappa shape index (κ2) is 7.05. The Kier molecular flexibility index (Phi) is 4.73. The van der Waals surface area contributed by atoms with Gasteiger partial charge >= 0.3 is 0 Å². The summed E-state index contributed by atoms with van der Waals surface area (Å²) in [6.45, 7) is 4.03. The molecule has 0 unspecified atom stereocenters. The molecule has 0 saturated carbocycles. The number of hydrogen-bond acceptors (Lipinski definition) is 5. The summed E-state index contributed by atoms with van der Waals surface area (Å²) in [6.07, 6.45) is 4.19. The van der Waals surface area contributed by atoms with Gasteiger partial charge in [0, 0.05) is 26.1 Å². The summed E-state index contributed by atoms with van der Waals surface area (Å²) in [5.41, 5.74) is 1.85. The molecule has 3 heterocycles. The third kappa shape index (κ3) is 3.49. The number of carbonyl (C=O) groups is 1. The van der Waals surface area contributed by atoms with Crippen LogP contribution in [-0.4, -0.2) is 58.2 Å². The van der Waals surface area contributed by atoms with Crippen molar-refractivity contribution in [3.8, 4) is 0 Å². The molecule has 0 bridgehead atoms. The Morgan fingerprint density at radius 1 is 1.19 bits per heavy atom. The van der Waals surface area contributed by atoms with Gasteiger partial charge in [-0.05, 0) is 30.5 Å². The highest BCUT2D eigenvalue weighted by molar-refractivity contribution is 7.89. The van der Waals surface area contributed by atoms with Gasteiger partial charge in [0.1, 0.15) is 5.69 Å². The van der Waals surface area contributed by atoms with E-state index in [1.165, 1.54) is 4.31 Å². The van der Waals surface area contributed by atoms with Gasteiger partial charge in [-0.2, -0.15) is 4.31 Å². The minimum atomic E-state index is -3.47. The van der Waals surface area contributed by atoms with Crippen LogP contribution in [0.15, 0.2) is 35.4 Å². The minimum Gasteiger partial charge on any atom is -0.337 e. The summed E-state index contributed by atoms with van der Waals surface area (Å²) in [7, 11) is -3.47. The smallest absolute Gasteiger partial charge is 0.243 e. The third-order valence-electron chi connectivity index (χ3n) is 5.25. The highest BCUT2D eigenvalue weighted by Gasteiger charge is 2.38. The molecule has 0 N–H and O–H groups in total. The fourth-order valence-electron chi connectivity index (χ4n) is 3.46. The standard InChI is InChI=1S/C18H23N5O3S/c1-2-14-5-7-17(8-6-14)27(25,26)22-12-16(13-22)23-11-15(19-20-23)10-21-9-3-4-18(21)24/h5-8,11,16H,2-4,9-10,12-13H2,1H3. The molecule has 0 aliphatic carbocycles. The van der Waals surface area contributed by atoms with Crippen molar-refractivity contribution in [2.75, 3.05) is 19.6 Å². The van der Waals surface area contributed by atoms with Crippen molar-refractivity contribution in [3.05, 3.63) is 41.7 Å². The number of carbonyl (C=O) groups excluding carboxylic acids is 1. The topological polar surface area (TPSA) is 88.4 Å². The van der Waals surface area contributed by atoms with Crippen LogP contribution in [-0.2, 0) is 27.8 Å². The summed E-state index contributed by atoms with van der Waals surface area (Å²) in [6, 6.07) is 7.02. The van der Waals surface area contributed by atoms with Crippen LogP contribution in [0.1, 0.15) is 37.1 Å². The second-order valence-corrected chi connectivity index (χ2v) is 9.02. The van der Waals surface area contributed by atoms with E-state index in [1.807, 2.05) is 25.3 Å². The Hall–Kier alpha value is -2.26. The van der Waals surface area contributed by atoms with Gasteiger partial charge in [0.15, 0.2) is 0 Å². The van der Waals surface area contributed by atoms with Crippen molar-refractivity contribution in [1.29, 1.82) is 0 Å². The molecule has 8 nitrogen and oxygen atoms in total. The van der Waals surface area contributed by atoms with Gasteiger partial charge in [-0.25, -0.2) is 13.1 Å². The molecule has 2 aliphatic rings. The lowest BCUT2D eigenvalue weighted by Gasteiger charge is -2.37. The predicted octanol–water partition coefficient (Wildman–Crippen LogP) is 1.21. The number of sulfonamides is 1. The number of benzene rings is 1. The molecule has 1 amide bonds. The summed E-state index contributed by atoms with van der Waals surface area (Å²) in [5, 5.41) is 8.26. The van der Waals surface area contributed by atoms with Crippen molar-refractivity contribution < 1.29 is 13.2 Å². The van der Waals surface area contributed by atoms with Crippen LogP contribution in [0, 0.1) is 0 Å². The van der Waals surface area contributed by atoms with E-state index in [-0.39, 0.29) is 11.9 Å². The van der Waals surface area contributed by atoms with E-state index < -0.39 is 10.0 Å². The average Bonchev–Trinajstić information content (AvgIpc) is 3.23. The molecule has 2 fully saturated rings. The molecule has 144 valence electrons. The lowest BCUT2D eigenvalue weighted by molar-refractivity contribution is -0.128. The van der Waals surface area contributed by atoms with Gasteiger partial charge in [0.2, 0.25) is 15.9 Å². The highest BCUT2D eigenvalue weighted by atomic mass is 32.2. The van der Waals surface area contributed by atoms with Crippen LogP contribution in [0.25, 0.3) is 0 Å². The first-order valence-corrected chi connectivity index (χ1v) is 10.7. The summed E-state index contributed by atoms with van der Waals surface area (Å²) in [4.78, 5) is 13.8. The average molecular weight is 389 g/mol. The lowest BCUT2D eigenvalue weighted by atomic mass is 10.2. The zero-order valence-electron chi connectivity index (χ0n) is 15.3. The molecule has 2 aromatic rings. The van der Waals surface area contributed by atoms with E-state index in [0.717, 1.165) is 30.6 Å². The SMILES string of the molecule is CCc1ccc(S(=O)(=O)N2CC(n3cc(CN4CCCC4=O)nn3)C2)cc1. The highest BCUT2D eigenvalue weighted by Crippen LogP contribution is 2.28. The molecule has 4 rings (SSSR count). The predicted molar refractivity (Wildman–Crippen MR) is 98.3 cm³/mol. The fourth-order valence-corrected chi connectivity index (χ4v) is 4.97. The molecule has 1 aromatic carbocycles.